The zero-order chi connectivity index (χ0) is 26.2. The van der Waals surface area contributed by atoms with Crippen LogP contribution in [0.4, 0.5) is 39.5 Å². The van der Waals surface area contributed by atoms with E-state index in [0.29, 0.717) is 18.2 Å². The van der Waals surface area contributed by atoms with Gasteiger partial charge in [-0.15, -0.1) is 0 Å². The maximum Gasteiger partial charge on any atom is 0.416 e. The predicted octanol–water partition coefficient (Wildman–Crippen LogP) is 6.84. The molecule has 0 aromatic heterocycles. The Hall–Kier alpha value is -2.50. The average molecular weight is 515 g/mol. The van der Waals surface area contributed by atoms with E-state index in [0.717, 1.165) is 12.2 Å². The number of carboxylic acid groups (broad SMARTS) is 1. The van der Waals surface area contributed by atoms with Crippen LogP contribution in [0, 0.1) is 11.8 Å². The van der Waals surface area contributed by atoms with Crippen molar-refractivity contribution in [3.63, 3.8) is 0 Å². The maximum absolute atomic E-state index is 13.6. The second kappa shape index (κ2) is 9.87. The number of benzene rings is 1. The van der Waals surface area contributed by atoms with Gasteiger partial charge in [-0.2, -0.15) is 39.5 Å². The standard InChI is InChI=1S/C23H22F9NO2/c24-21(25,26)16-3-1-2-14(10-16)19-8-13(9-20(34)35)6-7-33(19)12-15-11-17(22(27,28)29)4-5-18(15)23(30,31)32/h1,3-5,10-11,13-14,19H,2,6-9,12H2,(H,34,35)/t13-,14?,19+/m0/s1. The van der Waals surface area contributed by atoms with Gasteiger partial charge in [0.2, 0.25) is 0 Å². The van der Waals surface area contributed by atoms with Crippen molar-refractivity contribution in [3.8, 4) is 0 Å². The molecule has 12 heteroatoms. The van der Waals surface area contributed by atoms with E-state index in [9.17, 15) is 44.3 Å². The summed E-state index contributed by atoms with van der Waals surface area (Å²) in [7, 11) is 0. The van der Waals surface area contributed by atoms with Crippen molar-refractivity contribution in [3.05, 3.63) is 58.7 Å². The Kier molecular flexibility index (Phi) is 7.64. The Bertz CT molecular complexity index is 992. The zero-order valence-corrected chi connectivity index (χ0v) is 18.1. The van der Waals surface area contributed by atoms with Crippen LogP contribution >= 0.6 is 0 Å². The minimum absolute atomic E-state index is 0.0333. The number of rotatable bonds is 5. The molecule has 0 amide bonds. The lowest BCUT2D eigenvalue weighted by atomic mass is 9.79. The third-order valence-electron chi connectivity index (χ3n) is 6.36. The van der Waals surface area contributed by atoms with Crippen LogP contribution in [0.2, 0.25) is 0 Å². The molecule has 194 valence electrons. The van der Waals surface area contributed by atoms with Crippen LogP contribution in [-0.2, 0) is 23.7 Å². The third kappa shape index (κ3) is 6.80. The van der Waals surface area contributed by atoms with E-state index >= 15 is 0 Å². The number of aliphatic carboxylic acids is 1. The molecule has 1 N–H and O–H groups in total. The van der Waals surface area contributed by atoms with Gasteiger partial charge in [-0.05, 0) is 61.4 Å². The van der Waals surface area contributed by atoms with Crippen LogP contribution in [0.3, 0.4) is 0 Å². The van der Waals surface area contributed by atoms with Crippen molar-refractivity contribution in [2.75, 3.05) is 6.54 Å². The van der Waals surface area contributed by atoms with Crippen LogP contribution in [0.1, 0.15) is 42.4 Å². The van der Waals surface area contributed by atoms with E-state index in [-0.39, 0.29) is 32.2 Å². The van der Waals surface area contributed by atoms with Gasteiger partial charge in [0.1, 0.15) is 0 Å². The molecule has 1 unspecified atom stereocenters. The van der Waals surface area contributed by atoms with E-state index in [2.05, 4.69) is 0 Å². The summed E-state index contributed by atoms with van der Waals surface area (Å²) < 4.78 is 120. The molecule has 1 aromatic carbocycles. The molecule has 1 aromatic rings. The lowest BCUT2D eigenvalue weighted by Crippen LogP contribution is -2.46. The molecule has 1 aliphatic carbocycles. The van der Waals surface area contributed by atoms with Gasteiger partial charge in [-0.1, -0.05) is 18.2 Å². The van der Waals surface area contributed by atoms with Crippen LogP contribution < -0.4 is 0 Å². The van der Waals surface area contributed by atoms with Gasteiger partial charge in [0.15, 0.2) is 0 Å². The van der Waals surface area contributed by atoms with Crippen molar-refractivity contribution in [2.45, 2.75) is 56.8 Å². The fourth-order valence-electron chi connectivity index (χ4n) is 4.76. The molecular formula is C23H22F9NO2. The Balaban J connectivity index is 1.98. The second-order valence-corrected chi connectivity index (χ2v) is 8.82. The fraction of sp³-hybridized carbons (Fsp3) is 0.522. The molecule has 0 saturated carbocycles. The number of allylic oxidation sites excluding steroid dienone is 3. The quantitative estimate of drug-likeness (QED) is 0.437. The first-order valence-electron chi connectivity index (χ1n) is 10.7. The first-order chi connectivity index (χ1) is 16.1. The van der Waals surface area contributed by atoms with Gasteiger partial charge in [0.25, 0.3) is 0 Å². The third-order valence-corrected chi connectivity index (χ3v) is 6.36. The Labute approximate surface area is 194 Å². The predicted molar refractivity (Wildman–Crippen MR) is 107 cm³/mol. The van der Waals surface area contributed by atoms with E-state index in [1.165, 1.54) is 11.0 Å². The van der Waals surface area contributed by atoms with Crippen molar-refractivity contribution in [1.82, 2.24) is 4.90 Å². The smallest absolute Gasteiger partial charge is 0.416 e. The number of carboxylic acids is 1. The molecule has 1 aliphatic heterocycles. The van der Waals surface area contributed by atoms with Crippen molar-refractivity contribution >= 4 is 5.97 Å². The SMILES string of the molecule is O=C(O)C[C@H]1CCN(Cc2cc(C(F)(F)F)ccc2C(F)(F)F)[C@@H](C2C=C(C(F)(F)F)C=CC2)C1. The molecular weight excluding hydrogens is 493 g/mol. The van der Waals surface area contributed by atoms with E-state index in [4.69, 9.17) is 5.11 Å². The lowest BCUT2D eigenvalue weighted by Gasteiger charge is -2.43. The highest BCUT2D eigenvalue weighted by Crippen LogP contribution is 2.41. The minimum atomic E-state index is -4.94. The molecule has 1 fully saturated rings. The molecule has 2 aliphatic rings. The van der Waals surface area contributed by atoms with Crippen molar-refractivity contribution in [2.24, 2.45) is 11.8 Å². The molecule has 0 spiro atoms. The topological polar surface area (TPSA) is 40.5 Å². The number of piperidine rings is 1. The monoisotopic (exact) mass is 515 g/mol. The number of hydrogen-bond acceptors (Lipinski definition) is 2. The zero-order valence-electron chi connectivity index (χ0n) is 18.1. The van der Waals surface area contributed by atoms with Gasteiger partial charge < -0.3 is 5.11 Å². The highest BCUT2D eigenvalue weighted by Gasteiger charge is 2.41. The summed E-state index contributed by atoms with van der Waals surface area (Å²) in [6.07, 6.45) is -11.1. The van der Waals surface area contributed by atoms with E-state index in [1.807, 2.05) is 0 Å². The summed E-state index contributed by atoms with van der Waals surface area (Å²) in [6, 6.07) is 0.328. The van der Waals surface area contributed by atoms with Crippen LogP contribution in [0.15, 0.2) is 42.0 Å². The molecule has 0 radical (unpaired) electrons. The largest absolute Gasteiger partial charge is 0.481 e. The van der Waals surface area contributed by atoms with Gasteiger partial charge in [-0.25, -0.2) is 0 Å². The van der Waals surface area contributed by atoms with E-state index < -0.39 is 71.2 Å². The molecule has 35 heavy (non-hydrogen) atoms. The number of likely N-dealkylation sites (tertiary alicyclic amines) is 1. The Morgan fingerprint density at radius 3 is 2.26 bits per heavy atom. The number of alkyl halides is 9. The van der Waals surface area contributed by atoms with Crippen molar-refractivity contribution in [1.29, 1.82) is 0 Å². The van der Waals surface area contributed by atoms with Crippen LogP contribution in [-0.4, -0.2) is 34.7 Å². The van der Waals surface area contributed by atoms with E-state index in [1.54, 1.807) is 0 Å². The summed E-state index contributed by atoms with van der Waals surface area (Å²) in [6.45, 7) is -0.538. The first-order valence-corrected chi connectivity index (χ1v) is 10.7. The normalized spacial score (nSPS) is 24.4. The summed E-state index contributed by atoms with van der Waals surface area (Å²) in [5, 5.41) is 9.13. The van der Waals surface area contributed by atoms with Gasteiger partial charge in [-0.3, -0.25) is 9.69 Å². The highest BCUT2D eigenvalue weighted by molar-refractivity contribution is 5.67. The summed E-state index contributed by atoms with van der Waals surface area (Å²) in [5.74, 6) is -2.34. The highest BCUT2D eigenvalue weighted by atomic mass is 19.4. The molecule has 0 bridgehead atoms. The first kappa shape index (κ1) is 27.1. The molecule has 3 nitrogen and oxygen atoms in total. The molecule has 1 saturated heterocycles. The van der Waals surface area contributed by atoms with Crippen LogP contribution in [0.25, 0.3) is 0 Å². The lowest BCUT2D eigenvalue weighted by molar-refractivity contribution is -0.142. The number of hydrogen-bond donors (Lipinski definition) is 1. The summed E-state index contributed by atoms with van der Waals surface area (Å²) >= 11 is 0. The minimum Gasteiger partial charge on any atom is -0.481 e. The van der Waals surface area contributed by atoms with Gasteiger partial charge in [0, 0.05) is 19.0 Å². The average Bonchev–Trinajstić information content (AvgIpc) is 2.72. The molecule has 1 heterocycles. The molecule has 3 rings (SSSR count). The Morgan fingerprint density at radius 2 is 1.69 bits per heavy atom. The summed E-state index contributed by atoms with van der Waals surface area (Å²) in [5.41, 5.74) is -4.09. The maximum atomic E-state index is 13.6. The van der Waals surface area contributed by atoms with Crippen LogP contribution in [0.5, 0.6) is 0 Å². The number of carbonyl (C=O) groups is 1. The number of nitrogens with zero attached hydrogens (tertiary/aromatic N) is 1. The number of halogens is 9. The summed E-state index contributed by atoms with van der Waals surface area (Å²) in [4.78, 5) is 12.6. The van der Waals surface area contributed by atoms with Gasteiger partial charge in [0.05, 0.1) is 16.7 Å². The Morgan fingerprint density at radius 1 is 1.00 bits per heavy atom. The molecule has 3 atom stereocenters. The second-order valence-electron chi connectivity index (χ2n) is 8.82. The van der Waals surface area contributed by atoms with Crippen molar-refractivity contribution < 1.29 is 49.4 Å². The fourth-order valence-corrected chi connectivity index (χ4v) is 4.76. The van der Waals surface area contributed by atoms with Gasteiger partial charge >= 0.3 is 24.5 Å².